The molecule has 0 aliphatic carbocycles. The van der Waals surface area contributed by atoms with Gasteiger partial charge in [-0.2, -0.15) is 4.98 Å². The zero-order valence-electron chi connectivity index (χ0n) is 12.3. The molecular weight excluding hydrogens is 240 g/mol. The summed E-state index contributed by atoms with van der Waals surface area (Å²) in [7, 11) is 0. The molecule has 2 heterocycles. The molecule has 0 bridgehead atoms. The van der Waals surface area contributed by atoms with Crippen LogP contribution in [0.2, 0.25) is 0 Å². The van der Waals surface area contributed by atoms with Crippen molar-refractivity contribution in [1.82, 2.24) is 20.4 Å². The van der Waals surface area contributed by atoms with E-state index in [0.717, 1.165) is 31.9 Å². The Morgan fingerprint density at radius 1 is 1.53 bits per heavy atom. The summed E-state index contributed by atoms with van der Waals surface area (Å²) in [4.78, 5) is 6.70. The Morgan fingerprint density at radius 3 is 3.00 bits per heavy atom. The second-order valence-electron chi connectivity index (χ2n) is 5.80. The minimum Gasteiger partial charge on any atom is -0.343 e. The van der Waals surface area contributed by atoms with Crippen molar-refractivity contribution in [3.8, 4) is 0 Å². The Morgan fingerprint density at radius 2 is 2.37 bits per heavy atom. The lowest BCUT2D eigenvalue weighted by Gasteiger charge is -2.42. The summed E-state index contributed by atoms with van der Waals surface area (Å²) < 4.78 is 4.80. The second-order valence-corrected chi connectivity index (χ2v) is 5.80. The highest BCUT2D eigenvalue weighted by Gasteiger charge is 2.29. The third-order valence-corrected chi connectivity index (χ3v) is 3.98. The Labute approximate surface area is 115 Å². The molecule has 19 heavy (non-hydrogen) atoms. The van der Waals surface area contributed by atoms with Crippen molar-refractivity contribution in [2.45, 2.75) is 52.1 Å². The molecule has 2 atom stereocenters. The van der Waals surface area contributed by atoms with Crippen LogP contribution in [0.15, 0.2) is 10.9 Å². The summed E-state index contributed by atoms with van der Waals surface area (Å²) in [6.45, 7) is 10.1. The fourth-order valence-electron chi connectivity index (χ4n) is 2.90. The average molecular weight is 266 g/mol. The number of nitrogens with zero attached hydrogens (tertiary/aromatic N) is 3. The van der Waals surface area contributed by atoms with Crippen LogP contribution in [0.1, 0.15) is 39.4 Å². The van der Waals surface area contributed by atoms with E-state index in [1.54, 1.807) is 0 Å². The summed E-state index contributed by atoms with van der Waals surface area (Å²) in [5.74, 6) is 1.48. The fourth-order valence-corrected chi connectivity index (χ4v) is 2.90. The molecule has 2 unspecified atom stereocenters. The van der Waals surface area contributed by atoms with E-state index in [4.69, 9.17) is 4.52 Å². The number of nitrogens with one attached hydrogen (secondary N) is 1. The Kier molecular flexibility index (Phi) is 5.34. The summed E-state index contributed by atoms with van der Waals surface area (Å²) in [6, 6.07) is 1.24. The molecule has 1 aliphatic rings. The van der Waals surface area contributed by atoms with E-state index < -0.39 is 0 Å². The highest BCUT2D eigenvalue weighted by Crippen LogP contribution is 2.17. The van der Waals surface area contributed by atoms with Gasteiger partial charge in [-0.15, -0.1) is 0 Å². The van der Waals surface area contributed by atoms with E-state index in [-0.39, 0.29) is 0 Å². The first-order chi connectivity index (χ1) is 9.20. The predicted molar refractivity (Wildman–Crippen MR) is 74.9 cm³/mol. The first-order valence-corrected chi connectivity index (χ1v) is 7.43. The number of rotatable bonds is 6. The van der Waals surface area contributed by atoms with E-state index in [2.05, 4.69) is 41.1 Å². The van der Waals surface area contributed by atoms with Crippen molar-refractivity contribution in [1.29, 1.82) is 0 Å². The number of aromatic nitrogens is 2. The first-order valence-electron chi connectivity index (χ1n) is 7.43. The van der Waals surface area contributed by atoms with Gasteiger partial charge < -0.3 is 9.84 Å². The quantitative estimate of drug-likeness (QED) is 0.849. The lowest BCUT2D eigenvalue weighted by molar-refractivity contribution is 0.0962. The molecular formula is C14H26N4O. The van der Waals surface area contributed by atoms with Gasteiger partial charge in [0.1, 0.15) is 0 Å². The molecule has 0 saturated carbocycles. The SMILES string of the molecule is CCCC1CN(CCc2ncon2)C(C(C)C)CN1. The maximum atomic E-state index is 4.80. The molecule has 5 heteroatoms. The molecule has 1 saturated heterocycles. The lowest BCUT2D eigenvalue weighted by Crippen LogP contribution is -2.58. The topological polar surface area (TPSA) is 54.2 Å². The Bertz CT molecular complexity index is 352. The van der Waals surface area contributed by atoms with E-state index in [1.807, 2.05) is 0 Å². The lowest BCUT2D eigenvalue weighted by atomic mass is 9.97. The molecule has 1 aliphatic heterocycles. The average Bonchev–Trinajstić information content (AvgIpc) is 2.89. The number of hydrogen-bond acceptors (Lipinski definition) is 5. The van der Waals surface area contributed by atoms with Crippen LogP contribution < -0.4 is 5.32 Å². The molecule has 0 radical (unpaired) electrons. The molecule has 1 N–H and O–H groups in total. The van der Waals surface area contributed by atoms with Crippen molar-refractivity contribution in [2.24, 2.45) is 5.92 Å². The molecule has 0 amide bonds. The van der Waals surface area contributed by atoms with Gasteiger partial charge >= 0.3 is 0 Å². The van der Waals surface area contributed by atoms with E-state index in [1.165, 1.54) is 19.2 Å². The normalized spacial score (nSPS) is 25.1. The molecule has 2 rings (SSSR count). The van der Waals surface area contributed by atoms with Crippen molar-refractivity contribution in [3.05, 3.63) is 12.2 Å². The van der Waals surface area contributed by atoms with Crippen molar-refractivity contribution >= 4 is 0 Å². The highest BCUT2D eigenvalue weighted by atomic mass is 16.5. The summed E-state index contributed by atoms with van der Waals surface area (Å²) in [5, 5.41) is 7.58. The van der Waals surface area contributed by atoms with Crippen LogP contribution in [0, 0.1) is 5.92 Å². The third-order valence-electron chi connectivity index (χ3n) is 3.98. The van der Waals surface area contributed by atoms with E-state index in [0.29, 0.717) is 18.0 Å². The maximum absolute atomic E-state index is 4.80. The predicted octanol–water partition coefficient (Wildman–Crippen LogP) is 1.71. The van der Waals surface area contributed by atoms with Gasteiger partial charge in [-0.3, -0.25) is 4.90 Å². The minimum absolute atomic E-state index is 0.611. The van der Waals surface area contributed by atoms with Gasteiger partial charge in [0.2, 0.25) is 6.39 Å². The monoisotopic (exact) mass is 266 g/mol. The standard InChI is InChI=1S/C14H26N4O/c1-4-5-12-9-18(13(8-15-12)11(2)3)7-6-14-16-10-19-17-14/h10-13,15H,4-9H2,1-3H3. The van der Waals surface area contributed by atoms with Gasteiger partial charge in [-0.1, -0.05) is 32.3 Å². The van der Waals surface area contributed by atoms with Gasteiger partial charge in [0.05, 0.1) is 0 Å². The van der Waals surface area contributed by atoms with Gasteiger partial charge in [0, 0.05) is 38.1 Å². The minimum atomic E-state index is 0.611. The molecule has 0 aromatic carbocycles. The van der Waals surface area contributed by atoms with Crippen LogP contribution in [-0.2, 0) is 6.42 Å². The highest BCUT2D eigenvalue weighted by molar-refractivity contribution is 4.89. The van der Waals surface area contributed by atoms with Crippen LogP contribution in [0.25, 0.3) is 0 Å². The summed E-state index contributed by atoms with van der Waals surface area (Å²) in [5.41, 5.74) is 0. The van der Waals surface area contributed by atoms with Gasteiger partial charge in [-0.05, 0) is 12.3 Å². The largest absolute Gasteiger partial charge is 0.343 e. The van der Waals surface area contributed by atoms with E-state index in [9.17, 15) is 0 Å². The number of hydrogen-bond donors (Lipinski definition) is 1. The van der Waals surface area contributed by atoms with Gasteiger partial charge in [0.15, 0.2) is 5.82 Å². The summed E-state index contributed by atoms with van der Waals surface area (Å²) >= 11 is 0. The zero-order chi connectivity index (χ0) is 13.7. The zero-order valence-corrected chi connectivity index (χ0v) is 12.3. The van der Waals surface area contributed by atoms with Crippen molar-refractivity contribution in [2.75, 3.05) is 19.6 Å². The van der Waals surface area contributed by atoms with Crippen molar-refractivity contribution < 1.29 is 4.52 Å². The van der Waals surface area contributed by atoms with Crippen LogP contribution in [-0.4, -0.2) is 46.8 Å². The molecule has 1 aromatic heterocycles. The van der Waals surface area contributed by atoms with Gasteiger partial charge in [0.25, 0.3) is 0 Å². The van der Waals surface area contributed by atoms with Gasteiger partial charge in [-0.25, -0.2) is 0 Å². The number of piperazine rings is 1. The maximum Gasteiger partial charge on any atom is 0.213 e. The summed E-state index contributed by atoms with van der Waals surface area (Å²) in [6.07, 6.45) is 4.78. The molecule has 1 fully saturated rings. The molecule has 5 nitrogen and oxygen atoms in total. The Hall–Kier alpha value is -0.940. The molecule has 0 spiro atoms. The van der Waals surface area contributed by atoms with Crippen LogP contribution in [0.5, 0.6) is 0 Å². The smallest absolute Gasteiger partial charge is 0.213 e. The molecule has 108 valence electrons. The van der Waals surface area contributed by atoms with Crippen molar-refractivity contribution in [3.63, 3.8) is 0 Å². The van der Waals surface area contributed by atoms with Crippen LogP contribution in [0.4, 0.5) is 0 Å². The molecule has 1 aromatic rings. The second kappa shape index (κ2) is 7.01. The third kappa shape index (κ3) is 4.01. The van der Waals surface area contributed by atoms with Crippen LogP contribution >= 0.6 is 0 Å². The van der Waals surface area contributed by atoms with E-state index >= 15 is 0 Å². The van der Waals surface area contributed by atoms with Crippen LogP contribution in [0.3, 0.4) is 0 Å². The first kappa shape index (κ1) is 14.5. The Balaban J connectivity index is 1.91. The fraction of sp³-hybridized carbons (Fsp3) is 0.857.